The molecule has 0 aliphatic heterocycles. The molecule has 0 bridgehead atoms. The maximum absolute atomic E-state index is 11.9. The van der Waals surface area contributed by atoms with Crippen molar-refractivity contribution < 1.29 is 4.79 Å². The minimum Gasteiger partial charge on any atom is -0.338 e. The Morgan fingerprint density at radius 2 is 1.62 bits per heavy atom. The van der Waals surface area contributed by atoms with Gasteiger partial charge in [0.05, 0.1) is 17.9 Å². The highest BCUT2D eigenvalue weighted by atomic mass is 16.2. The molecule has 1 aromatic heterocycles. The maximum Gasteiger partial charge on any atom is 0.315 e. The number of amides is 2. The minimum absolute atomic E-state index is 0.182. The molecule has 0 atom stereocenters. The number of aromatic nitrogens is 2. The number of benzene rings is 2. The molecule has 0 saturated carbocycles. The third-order valence-electron chi connectivity index (χ3n) is 3.99. The molecule has 0 aliphatic rings. The molecule has 5 nitrogen and oxygen atoms in total. The van der Waals surface area contributed by atoms with Crippen LogP contribution in [0, 0.1) is 0 Å². The number of carbonyl (C=O) groups excluding carboxylic acids is 1. The second kappa shape index (κ2) is 9.32. The van der Waals surface area contributed by atoms with Crippen molar-refractivity contribution in [2.24, 2.45) is 0 Å². The number of carbonyl (C=O) groups is 1. The average Bonchev–Trinajstić information content (AvgIpc) is 2.71. The summed E-state index contributed by atoms with van der Waals surface area (Å²) in [6.07, 6.45) is 3.38. The Kier molecular flexibility index (Phi) is 6.31. The lowest BCUT2D eigenvalue weighted by molar-refractivity contribution is 0.240. The van der Waals surface area contributed by atoms with Crippen molar-refractivity contribution >= 4 is 6.03 Å². The molecular formula is C21H22N4O. The summed E-state index contributed by atoms with van der Waals surface area (Å²) in [7, 11) is 0. The molecule has 0 saturated heterocycles. The fourth-order valence-electron chi connectivity index (χ4n) is 2.63. The Morgan fingerprint density at radius 1 is 0.885 bits per heavy atom. The fraction of sp³-hybridized carbons (Fsp3) is 0.190. The molecule has 2 aromatic carbocycles. The van der Waals surface area contributed by atoms with Gasteiger partial charge in [-0.2, -0.15) is 0 Å². The van der Waals surface area contributed by atoms with Gasteiger partial charge in [-0.1, -0.05) is 60.7 Å². The van der Waals surface area contributed by atoms with Crippen LogP contribution in [0.15, 0.2) is 73.1 Å². The molecule has 0 aliphatic carbocycles. The molecule has 0 fully saturated rings. The zero-order valence-corrected chi connectivity index (χ0v) is 14.6. The Morgan fingerprint density at radius 3 is 2.38 bits per heavy atom. The van der Waals surface area contributed by atoms with Crippen LogP contribution in [0.25, 0.3) is 11.3 Å². The quantitative estimate of drug-likeness (QED) is 0.643. The van der Waals surface area contributed by atoms with E-state index in [4.69, 9.17) is 0 Å². The monoisotopic (exact) mass is 346 g/mol. The van der Waals surface area contributed by atoms with Crippen molar-refractivity contribution in [1.29, 1.82) is 0 Å². The van der Waals surface area contributed by atoms with Gasteiger partial charge in [0.2, 0.25) is 0 Å². The van der Waals surface area contributed by atoms with E-state index in [0.29, 0.717) is 13.1 Å². The van der Waals surface area contributed by atoms with Crippen LogP contribution in [0.1, 0.15) is 17.7 Å². The summed E-state index contributed by atoms with van der Waals surface area (Å²) in [5, 5.41) is 5.71. The van der Waals surface area contributed by atoms with Crippen molar-refractivity contribution in [3.63, 3.8) is 0 Å². The summed E-state index contributed by atoms with van der Waals surface area (Å²) in [4.78, 5) is 20.4. The minimum atomic E-state index is -0.182. The number of nitrogens with zero attached hydrogens (tertiary/aromatic N) is 2. The standard InChI is InChI=1S/C21H22N4O/c26-21(22-13-7-10-17-8-3-1-4-9-17)23-15-19-14-20(25-16-24-19)18-11-5-2-6-12-18/h1-6,8-9,11-12,14,16H,7,10,13,15H2,(H2,22,23,26). The lowest BCUT2D eigenvalue weighted by atomic mass is 10.1. The van der Waals surface area contributed by atoms with Crippen LogP contribution in [0.4, 0.5) is 4.79 Å². The summed E-state index contributed by atoms with van der Waals surface area (Å²) in [6, 6.07) is 21.9. The molecule has 132 valence electrons. The number of aryl methyl sites for hydroxylation is 1. The van der Waals surface area contributed by atoms with Crippen molar-refractivity contribution in [3.05, 3.63) is 84.3 Å². The van der Waals surface area contributed by atoms with Crippen LogP contribution in [0.5, 0.6) is 0 Å². The SMILES string of the molecule is O=C(NCCCc1ccccc1)NCc1cc(-c2ccccc2)ncn1. The van der Waals surface area contributed by atoms with E-state index in [1.54, 1.807) is 0 Å². The van der Waals surface area contributed by atoms with Gasteiger partial charge in [-0.25, -0.2) is 14.8 Å². The number of hydrogen-bond acceptors (Lipinski definition) is 3. The number of hydrogen-bond donors (Lipinski definition) is 2. The van der Waals surface area contributed by atoms with Gasteiger partial charge >= 0.3 is 6.03 Å². The highest BCUT2D eigenvalue weighted by Crippen LogP contribution is 2.15. The predicted molar refractivity (Wildman–Crippen MR) is 102 cm³/mol. The first-order valence-corrected chi connectivity index (χ1v) is 8.73. The molecule has 5 heteroatoms. The summed E-state index contributed by atoms with van der Waals surface area (Å²) < 4.78 is 0. The second-order valence-corrected chi connectivity index (χ2v) is 5.96. The van der Waals surface area contributed by atoms with E-state index >= 15 is 0 Å². The fourth-order valence-corrected chi connectivity index (χ4v) is 2.63. The van der Waals surface area contributed by atoms with Crippen LogP contribution in [-0.2, 0) is 13.0 Å². The summed E-state index contributed by atoms with van der Waals surface area (Å²) >= 11 is 0. The van der Waals surface area contributed by atoms with Gasteiger partial charge in [-0.15, -0.1) is 0 Å². The third-order valence-corrected chi connectivity index (χ3v) is 3.99. The van der Waals surface area contributed by atoms with E-state index < -0.39 is 0 Å². The highest BCUT2D eigenvalue weighted by Gasteiger charge is 2.04. The zero-order valence-electron chi connectivity index (χ0n) is 14.6. The predicted octanol–water partition coefficient (Wildman–Crippen LogP) is 3.58. The molecule has 26 heavy (non-hydrogen) atoms. The van der Waals surface area contributed by atoms with Gasteiger partial charge in [-0.05, 0) is 24.5 Å². The molecule has 2 N–H and O–H groups in total. The van der Waals surface area contributed by atoms with E-state index in [0.717, 1.165) is 29.8 Å². The lowest BCUT2D eigenvalue weighted by Crippen LogP contribution is -2.35. The molecule has 0 radical (unpaired) electrons. The maximum atomic E-state index is 11.9. The zero-order chi connectivity index (χ0) is 18.0. The van der Waals surface area contributed by atoms with E-state index in [1.165, 1.54) is 11.9 Å². The number of rotatable bonds is 7. The molecule has 2 amide bonds. The summed E-state index contributed by atoms with van der Waals surface area (Å²) in [5.41, 5.74) is 3.93. The summed E-state index contributed by atoms with van der Waals surface area (Å²) in [6.45, 7) is 1.01. The van der Waals surface area contributed by atoms with Crippen LogP contribution in [0.3, 0.4) is 0 Å². The molecule has 3 aromatic rings. The Labute approximate surface area is 153 Å². The van der Waals surface area contributed by atoms with Crippen molar-refractivity contribution in [3.8, 4) is 11.3 Å². The van der Waals surface area contributed by atoms with Crippen LogP contribution in [0.2, 0.25) is 0 Å². The number of urea groups is 1. The molecule has 3 rings (SSSR count). The van der Waals surface area contributed by atoms with Crippen LogP contribution < -0.4 is 10.6 Å². The second-order valence-electron chi connectivity index (χ2n) is 5.96. The van der Waals surface area contributed by atoms with E-state index in [1.807, 2.05) is 54.6 Å². The first kappa shape index (κ1) is 17.6. The first-order valence-electron chi connectivity index (χ1n) is 8.73. The van der Waals surface area contributed by atoms with Gasteiger partial charge in [0.25, 0.3) is 0 Å². The largest absolute Gasteiger partial charge is 0.338 e. The van der Waals surface area contributed by atoms with Crippen LogP contribution >= 0.6 is 0 Å². The Balaban J connectivity index is 1.42. The molecular weight excluding hydrogens is 324 g/mol. The van der Waals surface area contributed by atoms with Crippen molar-refractivity contribution in [2.75, 3.05) is 6.54 Å². The molecule has 0 spiro atoms. The van der Waals surface area contributed by atoms with Gasteiger partial charge in [0, 0.05) is 12.1 Å². The lowest BCUT2D eigenvalue weighted by Gasteiger charge is -2.08. The number of nitrogens with one attached hydrogen (secondary N) is 2. The first-order chi connectivity index (χ1) is 12.8. The molecule has 0 unspecified atom stereocenters. The van der Waals surface area contributed by atoms with Gasteiger partial charge in [0.1, 0.15) is 6.33 Å². The van der Waals surface area contributed by atoms with Crippen molar-refractivity contribution in [1.82, 2.24) is 20.6 Å². The van der Waals surface area contributed by atoms with Gasteiger partial charge in [-0.3, -0.25) is 0 Å². The molecule has 1 heterocycles. The van der Waals surface area contributed by atoms with E-state index in [2.05, 4.69) is 32.7 Å². The van der Waals surface area contributed by atoms with E-state index in [-0.39, 0.29) is 6.03 Å². The Bertz CT molecular complexity index is 822. The van der Waals surface area contributed by atoms with Gasteiger partial charge in [0.15, 0.2) is 0 Å². The van der Waals surface area contributed by atoms with Crippen LogP contribution in [-0.4, -0.2) is 22.5 Å². The highest BCUT2D eigenvalue weighted by molar-refractivity contribution is 5.73. The average molecular weight is 346 g/mol. The van der Waals surface area contributed by atoms with Gasteiger partial charge < -0.3 is 10.6 Å². The van der Waals surface area contributed by atoms with E-state index in [9.17, 15) is 4.79 Å². The Hall–Kier alpha value is -3.21. The topological polar surface area (TPSA) is 66.9 Å². The normalized spacial score (nSPS) is 10.3. The van der Waals surface area contributed by atoms with Crippen molar-refractivity contribution in [2.45, 2.75) is 19.4 Å². The smallest absolute Gasteiger partial charge is 0.315 e. The third kappa shape index (κ3) is 5.41. The summed E-state index contributed by atoms with van der Waals surface area (Å²) in [5.74, 6) is 0.